The third-order valence-electron chi connectivity index (χ3n) is 6.17. The van der Waals surface area contributed by atoms with E-state index in [1.807, 2.05) is 17.8 Å². The van der Waals surface area contributed by atoms with E-state index in [0.717, 1.165) is 75.2 Å². The number of nitrogens with zero attached hydrogens (tertiary/aromatic N) is 2. The molecule has 8 heteroatoms. The summed E-state index contributed by atoms with van der Waals surface area (Å²) in [6.07, 6.45) is 7.04. The van der Waals surface area contributed by atoms with E-state index in [1.165, 1.54) is 0 Å². The minimum atomic E-state index is -3.56. The summed E-state index contributed by atoms with van der Waals surface area (Å²) in [5.41, 5.74) is 1.37. The van der Waals surface area contributed by atoms with E-state index < -0.39 is 10.0 Å². The number of benzene rings is 1. The zero-order valence-electron chi connectivity index (χ0n) is 16.9. The summed E-state index contributed by atoms with van der Waals surface area (Å²) in [6, 6.07) is 5.32. The van der Waals surface area contributed by atoms with Gasteiger partial charge in [0, 0.05) is 37.9 Å². The first-order chi connectivity index (χ1) is 14.1. The number of sulfonamides is 1. The van der Waals surface area contributed by atoms with E-state index in [2.05, 4.69) is 10.2 Å². The third-order valence-corrected chi connectivity index (χ3v) is 9.11. The van der Waals surface area contributed by atoms with Crippen molar-refractivity contribution in [2.75, 3.05) is 42.6 Å². The van der Waals surface area contributed by atoms with Crippen LogP contribution in [0.25, 0.3) is 0 Å². The lowest BCUT2D eigenvalue weighted by molar-refractivity contribution is 0.0935. The zero-order valence-corrected chi connectivity index (χ0v) is 18.6. The fourth-order valence-corrected chi connectivity index (χ4v) is 7.10. The highest BCUT2D eigenvalue weighted by Crippen LogP contribution is 2.30. The number of carbonyl (C=O) groups is 1. The van der Waals surface area contributed by atoms with E-state index >= 15 is 0 Å². The second-order valence-electron chi connectivity index (χ2n) is 8.20. The van der Waals surface area contributed by atoms with Gasteiger partial charge in [0.25, 0.3) is 5.91 Å². The van der Waals surface area contributed by atoms with Crippen LogP contribution in [0.15, 0.2) is 23.1 Å². The van der Waals surface area contributed by atoms with Crippen LogP contribution in [-0.2, 0) is 10.0 Å². The molecule has 3 heterocycles. The number of carbonyl (C=O) groups excluding carboxylic acids is 1. The number of rotatable bonds is 5. The number of thioether (sulfide) groups is 1. The summed E-state index contributed by atoms with van der Waals surface area (Å²) in [5.74, 6) is 1.99. The fourth-order valence-electron chi connectivity index (χ4n) is 4.45. The van der Waals surface area contributed by atoms with Crippen LogP contribution in [0, 0.1) is 0 Å². The van der Waals surface area contributed by atoms with Gasteiger partial charge in [-0.3, -0.25) is 4.79 Å². The Morgan fingerprint density at radius 1 is 0.966 bits per heavy atom. The Bertz CT molecular complexity index is 826. The normalized spacial score (nSPS) is 22.0. The second kappa shape index (κ2) is 9.27. The first kappa shape index (κ1) is 21.0. The van der Waals surface area contributed by atoms with E-state index in [4.69, 9.17) is 0 Å². The molecule has 1 aromatic carbocycles. The van der Waals surface area contributed by atoms with E-state index in [-0.39, 0.29) is 16.8 Å². The van der Waals surface area contributed by atoms with Crippen molar-refractivity contribution in [3.63, 3.8) is 0 Å². The molecule has 1 N–H and O–H groups in total. The number of anilines is 1. The molecule has 3 aliphatic heterocycles. The molecule has 0 aliphatic carbocycles. The van der Waals surface area contributed by atoms with Gasteiger partial charge in [-0.15, -0.1) is 0 Å². The average molecular weight is 438 g/mol. The van der Waals surface area contributed by atoms with Crippen LogP contribution in [0.3, 0.4) is 0 Å². The van der Waals surface area contributed by atoms with Crippen LogP contribution >= 0.6 is 11.8 Å². The van der Waals surface area contributed by atoms with Gasteiger partial charge in [0.2, 0.25) is 10.0 Å². The van der Waals surface area contributed by atoms with Crippen LogP contribution in [0.1, 0.15) is 55.3 Å². The number of amides is 1. The summed E-state index contributed by atoms with van der Waals surface area (Å²) >= 11 is 1.92. The predicted octanol–water partition coefficient (Wildman–Crippen LogP) is 3.09. The molecule has 0 radical (unpaired) electrons. The molecule has 4 rings (SSSR count). The van der Waals surface area contributed by atoms with Gasteiger partial charge < -0.3 is 10.2 Å². The monoisotopic (exact) mass is 437 g/mol. The molecule has 0 saturated carbocycles. The highest BCUT2D eigenvalue weighted by atomic mass is 32.2. The lowest BCUT2D eigenvalue weighted by Gasteiger charge is -2.28. The lowest BCUT2D eigenvalue weighted by Crippen LogP contribution is -2.38. The molecule has 1 amide bonds. The van der Waals surface area contributed by atoms with Crippen LogP contribution in [-0.4, -0.2) is 62.4 Å². The van der Waals surface area contributed by atoms with Crippen molar-refractivity contribution in [3.8, 4) is 0 Å². The first-order valence-electron chi connectivity index (χ1n) is 10.8. The van der Waals surface area contributed by atoms with Gasteiger partial charge in [0.15, 0.2) is 0 Å². The zero-order chi connectivity index (χ0) is 20.3. The molecule has 6 nitrogen and oxygen atoms in total. The van der Waals surface area contributed by atoms with Crippen molar-refractivity contribution in [1.29, 1.82) is 0 Å². The largest absolute Gasteiger partial charge is 0.371 e. The molecule has 160 valence electrons. The summed E-state index contributed by atoms with van der Waals surface area (Å²) in [5, 5.41) is 3.17. The summed E-state index contributed by atoms with van der Waals surface area (Å²) in [7, 11) is -3.56. The molecule has 0 aromatic heterocycles. The molecule has 0 bridgehead atoms. The van der Waals surface area contributed by atoms with Crippen molar-refractivity contribution in [1.82, 2.24) is 9.62 Å². The molecule has 3 saturated heterocycles. The molecule has 1 aromatic rings. The molecule has 3 fully saturated rings. The maximum absolute atomic E-state index is 13.2. The quantitative estimate of drug-likeness (QED) is 0.767. The minimum Gasteiger partial charge on any atom is -0.371 e. The molecule has 0 atom stereocenters. The number of piperidine rings is 1. The molecule has 3 aliphatic rings. The molecular weight excluding hydrogens is 406 g/mol. The van der Waals surface area contributed by atoms with Gasteiger partial charge in [0.05, 0.1) is 10.5 Å². The summed E-state index contributed by atoms with van der Waals surface area (Å²) < 4.78 is 27.9. The Balaban J connectivity index is 1.64. The van der Waals surface area contributed by atoms with Crippen LogP contribution in [0.5, 0.6) is 0 Å². The number of nitrogens with one attached hydrogen (secondary N) is 1. The standard InChI is InChI=1S/C21H31N3O3S2/c25-21(22-17-8-14-28-15-9-17)19-16-18(6-7-20(19)23-10-4-5-11-23)29(26,27)24-12-2-1-3-13-24/h6-7,16-17H,1-5,8-15H2,(H,22,25). The summed E-state index contributed by atoms with van der Waals surface area (Å²) in [6.45, 7) is 2.96. The van der Waals surface area contributed by atoms with Crippen molar-refractivity contribution >= 4 is 33.4 Å². The van der Waals surface area contributed by atoms with Crippen LogP contribution in [0.2, 0.25) is 0 Å². The molecule has 29 heavy (non-hydrogen) atoms. The Morgan fingerprint density at radius 3 is 2.31 bits per heavy atom. The van der Waals surface area contributed by atoms with Gasteiger partial charge >= 0.3 is 0 Å². The van der Waals surface area contributed by atoms with Gasteiger partial charge in [0.1, 0.15) is 0 Å². The first-order valence-corrected chi connectivity index (χ1v) is 13.4. The maximum Gasteiger partial charge on any atom is 0.253 e. The van der Waals surface area contributed by atoms with Crippen molar-refractivity contribution in [3.05, 3.63) is 23.8 Å². The van der Waals surface area contributed by atoms with Gasteiger partial charge in [-0.2, -0.15) is 16.1 Å². The fraction of sp³-hybridized carbons (Fsp3) is 0.667. The average Bonchev–Trinajstić information content (AvgIpc) is 3.29. The SMILES string of the molecule is O=C(NC1CCSCC1)c1cc(S(=O)(=O)N2CCCCC2)ccc1N1CCCC1. The highest BCUT2D eigenvalue weighted by Gasteiger charge is 2.29. The third kappa shape index (κ3) is 4.75. The van der Waals surface area contributed by atoms with Gasteiger partial charge in [-0.05, 0) is 68.2 Å². The minimum absolute atomic E-state index is 0.139. The van der Waals surface area contributed by atoms with Crippen molar-refractivity contribution in [2.24, 2.45) is 0 Å². The van der Waals surface area contributed by atoms with E-state index in [0.29, 0.717) is 18.7 Å². The van der Waals surface area contributed by atoms with E-state index in [9.17, 15) is 13.2 Å². The molecular formula is C21H31N3O3S2. The van der Waals surface area contributed by atoms with Crippen LogP contribution in [0.4, 0.5) is 5.69 Å². The van der Waals surface area contributed by atoms with Gasteiger partial charge in [-0.1, -0.05) is 6.42 Å². The van der Waals surface area contributed by atoms with Crippen molar-refractivity contribution in [2.45, 2.75) is 55.9 Å². The summed E-state index contributed by atoms with van der Waals surface area (Å²) in [4.78, 5) is 15.6. The Labute approximate surface area is 178 Å². The topological polar surface area (TPSA) is 69.7 Å². The Morgan fingerprint density at radius 2 is 1.62 bits per heavy atom. The van der Waals surface area contributed by atoms with E-state index in [1.54, 1.807) is 16.4 Å². The van der Waals surface area contributed by atoms with Crippen molar-refractivity contribution < 1.29 is 13.2 Å². The number of hydrogen-bond donors (Lipinski definition) is 1. The maximum atomic E-state index is 13.2. The lowest BCUT2D eigenvalue weighted by atomic mass is 10.1. The smallest absolute Gasteiger partial charge is 0.253 e. The Hall–Kier alpha value is -1.25. The predicted molar refractivity (Wildman–Crippen MR) is 118 cm³/mol. The second-order valence-corrected chi connectivity index (χ2v) is 11.4. The highest BCUT2D eigenvalue weighted by molar-refractivity contribution is 7.99. The number of hydrogen-bond acceptors (Lipinski definition) is 5. The molecule has 0 unspecified atom stereocenters. The Kier molecular flexibility index (Phi) is 6.71. The van der Waals surface area contributed by atoms with Crippen LogP contribution < -0.4 is 10.2 Å². The molecule has 0 spiro atoms. The van der Waals surface area contributed by atoms with Gasteiger partial charge in [-0.25, -0.2) is 8.42 Å².